The number of nitrogens with one attached hydrogen (secondary N) is 1. The van der Waals surface area contributed by atoms with Crippen molar-refractivity contribution in [2.24, 2.45) is 0 Å². The molecule has 0 saturated carbocycles. The summed E-state index contributed by atoms with van der Waals surface area (Å²) in [6, 6.07) is 7.16. The van der Waals surface area contributed by atoms with Crippen LogP contribution in [0, 0.1) is 11.3 Å². The average Bonchev–Trinajstić information content (AvgIpc) is 3.10. The predicted octanol–water partition coefficient (Wildman–Crippen LogP) is 1.83. The molecule has 3 aromatic rings. The van der Waals surface area contributed by atoms with Crippen molar-refractivity contribution in [2.45, 2.75) is 13.0 Å². The molecule has 0 bridgehead atoms. The smallest absolute Gasteiger partial charge is 0.407 e. The van der Waals surface area contributed by atoms with E-state index < -0.39 is 5.76 Å². The molecule has 0 fully saturated rings. The van der Waals surface area contributed by atoms with E-state index in [-0.39, 0.29) is 11.5 Å². The lowest BCUT2D eigenvalue weighted by molar-refractivity contribution is 0.0738. The largest absolute Gasteiger partial charge is 0.417 e. The average molecular weight is 340 g/mol. The second-order valence-electron chi connectivity index (χ2n) is 5.53. The Morgan fingerprint density at radius 2 is 2.29 bits per heavy atom. The molecule has 3 heterocycles. The van der Waals surface area contributed by atoms with Gasteiger partial charge >= 0.3 is 5.76 Å². The Labute approximate surface area is 139 Å². The van der Waals surface area contributed by atoms with Crippen molar-refractivity contribution in [2.75, 3.05) is 12.3 Å². The van der Waals surface area contributed by atoms with Crippen LogP contribution in [0.3, 0.4) is 0 Å². The Morgan fingerprint density at radius 1 is 1.46 bits per heavy atom. The van der Waals surface area contributed by atoms with Crippen molar-refractivity contribution in [3.63, 3.8) is 0 Å². The highest BCUT2D eigenvalue weighted by Crippen LogP contribution is 2.35. The zero-order valence-electron chi connectivity index (χ0n) is 12.5. The third-order valence-corrected chi connectivity index (χ3v) is 5.21. The Hall–Kier alpha value is -3.05. The van der Waals surface area contributed by atoms with Crippen LogP contribution >= 0.6 is 11.3 Å². The summed E-state index contributed by atoms with van der Waals surface area (Å²) in [5.41, 5.74) is 8.46. The number of rotatable bonds is 1. The maximum Gasteiger partial charge on any atom is 0.417 e. The van der Waals surface area contributed by atoms with Gasteiger partial charge in [-0.2, -0.15) is 5.26 Å². The summed E-state index contributed by atoms with van der Waals surface area (Å²) in [5.74, 6) is -0.796. The highest BCUT2D eigenvalue weighted by atomic mass is 32.1. The van der Waals surface area contributed by atoms with Crippen LogP contribution in [0.1, 0.15) is 26.4 Å². The van der Waals surface area contributed by atoms with E-state index in [2.05, 4.69) is 11.1 Å². The molecule has 0 spiro atoms. The van der Waals surface area contributed by atoms with E-state index >= 15 is 0 Å². The van der Waals surface area contributed by atoms with E-state index in [1.807, 2.05) is 0 Å². The maximum absolute atomic E-state index is 12.9. The van der Waals surface area contributed by atoms with Gasteiger partial charge in [0.1, 0.15) is 11.1 Å². The minimum Gasteiger partial charge on any atom is -0.407 e. The van der Waals surface area contributed by atoms with E-state index in [1.165, 1.54) is 11.3 Å². The summed E-state index contributed by atoms with van der Waals surface area (Å²) >= 11 is 1.35. The zero-order valence-corrected chi connectivity index (χ0v) is 13.3. The zero-order chi connectivity index (χ0) is 16.8. The third-order valence-electron chi connectivity index (χ3n) is 4.16. The summed E-state index contributed by atoms with van der Waals surface area (Å²) in [5, 5.41) is 9.68. The maximum atomic E-state index is 12.9. The lowest BCUT2D eigenvalue weighted by Gasteiger charge is -2.27. The first-order valence-corrected chi connectivity index (χ1v) is 8.11. The topological polar surface area (TPSA) is 116 Å². The van der Waals surface area contributed by atoms with Crippen LogP contribution < -0.4 is 11.5 Å². The summed E-state index contributed by atoms with van der Waals surface area (Å²) in [4.78, 5) is 29.4. The number of hydrogen-bond donors (Lipinski definition) is 2. The van der Waals surface area contributed by atoms with Crippen LogP contribution in [-0.4, -0.2) is 22.3 Å². The molecule has 1 amide bonds. The number of amides is 1. The summed E-state index contributed by atoms with van der Waals surface area (Å²) < 4.78 is 5.10. The Balaban J connectivity index is 1.70. The van der Waals surface area contributed by atoms with Crippen LogP contribution in [0.2, 0.25) is 0 Å². The minimum atomic E-state index is -0.587. The number of carbonyl (C=O) groups excluding carboxylic acids is 1. The molecule has 1 aromatic carbocycles. The number of oxazole rings is 1. The van der Waals surface area contributed by atoms with E-state index in [4.69, 9.17) is 10.2 Å². The van der Waals surface area contributed by atoms with Crippen molar-refractivity contribution in [3.05, 3.63) is 50.3 Å². The summed E-state index contributed by atoms with van der Waals surface area (Å²) in [6.45, 7) is 0.886. The van der Waals surface area contributed by atoms with Gasteiger partial charge in [-0.1, -0.05) is 6.07 Å². The van der Waals surface area contributed by atoms with Gasteiger partial charge in [-0.3, -0.25) is 9.78 Å². The molecular formula is C16H12N4O3S. The van der Waals surface area contributed by atoms with E-state index in [9.17, 15) is 14.9 Å². The lowest BCUT2D eigenvalue weighted by Crippen LogP contribution is -2.35. The number of fused-ring (bicyclic) bond motifs is 2. The molecule has 0 radical (unpaired) electrons. The lowest BCUT2D eigenvalue weighted by atomic mass is 10.0. The molecular weight excluding hydrogens is 328 g/mol. The third kappa shape index (κ3) is 2.10. The molecule has 8 heteroatoms. The van der Waals surface area contributed by atoms with Gasteiger partial charge in [-0.15, -0.1) is 11.3 Å². The number of hydrogen-bond acceptors (Lipinski definition) is 6. The quantitative estimate of drug-likeness (QED) is 0.701. The predicted molar refractivity (Wildman–Crippen MR) is 88.7 cm³/mol. The molecule has 0 atom stereocenters. The standard InChI is InChI=1S/C16H12N4O3S/c17-6-10-8-4-5-20(7-12(8)24-14(10)18)15(21)9-2-1-3-11-13(9)23-16(22)19-11/h1-3H,4-5,7,18H2,(H,19,22). The fourth-order valence-corrected chi connectivity index (χ4v) is 4.12. The van der Waals surface area contributed by atoms with Crippen LogP contribution in [0.15, 0.2) is 27.4 Å². The number of aromatic nitrogens is 1. The van der Waals surface area contributed by atoms with Gasteiger partial charge in [-0.25, -0.2) is 4.79 Å². The van der Waals surface area contributed by atoms with Crippen molar-refractivity contribution in [1.29, 1.82) is 5.26 Å². The molecule has 2 aromatic heterocycles. The van der Waals surface area contributed by atoms with Gasteiger partial charge in [0.05, 0.1) is 23.2 Å². The SMILES string of the molecule is N#Cc1c(N)sc2c1CCN(C(=O)c1cccc3[nH]c(=O)oc13)C2. The second-order valence-corrected chi connectivity index (χ2v) is 6.67. The number of aromatic amines is 1. The number of nitrogens with two attached hydrogens (primary N) is 1. The summed E-state index contributed by atoms with van der Waals surface area (Å²) in [7, 11) is 0. The molecule has 3 N–H and O–H groups in total. The molecule has 0 aliphatic carbocycles. The number of thiophene rings is 1. The number of benzene rings is 1. The number of anilines is 1. The molecule has 24 heavy (non-hydrogen) atoms. The number of H-pyrrole nitrogens is 1. The van der Waals surface area contributed by atoms with Gasteiger partial charge in [0.25, 0.3) is 5.91 Å². The van der Waals surface area contributed by atoms with Crippen molar-refractivity contribution in [3.8, 4) is 6.07 Å². The molecule has 0 saturated heterocycles. The molecule has 4 rings (SSSR count). The molecule has 0 unspecified atom stereocenters. The van der Waals surface area contributed by atoms with Crippen molar-refractivity contribution >= 4 is 33.3 Å². The number of nitriles is 1. The van der Waals surface area contributed by atoms with E-state index in [0.717, 1.165) is 10.4 Å². The number of nitrogens with zero attached hydrogens (tertiary/aromatic N) is 2. The molecule has 1 aliphatic heterocycles. The first-order valence-electron chi connectivity index (χ1n) is 7.29. The van der Waals surface area contributed by atoms with Crippen LogP contribution in [0.4, 0.5) is 5.00 Å². The Kier molecular flexibility index (Phi) is 3.18. The van der Waals surface area contributed by atoms with Crippen LogP contribution in [-0.2, 0) is 13.0 Å². The van der Waals surface area contributed by atoms with Crippen molar-refractivity contribution < 1.29 is 9.21 Å². The fraction of sp³-hybridized carbons (Fsp3) is 0.188. The monoisotopic (exact) mass is 340 g/mol. The number of para-hydroxylation sites is 1. The molecule has 120 valence electrons. The van der Waals surface area contributed by atoms with Gasteiger partial charge < -0.3 is 15.1 Å². The van der Waals surface area contributed by atoms with Gasteiger partial charge in [0.2, 0.25) is 0 Å². The first-order chi connectivity index (χ1) is 11.6. The number of carbonyl (C=O) groups is 1. The second kappa shape index (κ2) is 5.25. The Morgan fingerprint density at radius 3 is 3.08 bits per heavy atom. The normalized spacial score (nSPS) is 13.7. The summed E-state index contributed by atoms with van der Waals surface area (Å²) in [6.07, 6.45) is 0.588. The molecule has 7 nitrogen and oxygen atoms in total. The van der Waals surface area contributed by atoms with E-state index in [0.29, 0.717) is 41.2 Å². The highest BCUT2D eigenvalue weighted by molar-refractivity contribution is 7.16. The van der Waals surface area contributed by atoms with Gasteiger partial charge in [0, 0.05) is 11.4 Å². The van der Waals surface area contributed by atoms with Crippen LogP contribution in [0.25, 0.3) is 11.1 Å². The highest BCUT2D eigenvalue weighted by Gasteiger charge is 2.28. The Bertz CT molecular complexity index is 1070. The van der Waals surface area contributed by atoms with Gasteiger partial charge in [0.15, 0.2) is 5.58 Å². The van der Waals surface area contributed by atoms with Crippen molar-refractivity contribution in [1.82, 2.24) is 9.88 Å². The van der Waals surface area contributed by atoms with Crippen LogP contribution in [0.5, 0.6) is 0 Å². The molecule has 1 aliphatic rings. The first kappa shape index (κ1) is 14.5. The number of nitrogen functional groups attached to an aromatic ring is 1. The fourth-order valence-electron chi connectivity index (χ4n) is 3.03. The van der Waals surface area contributed by atoms with E-state index in [1.54, 1.807) is 23.1 Å². The minimum absolute atomic E-state index is 0.209. The van der Waals surface area contributed by atoms with Gasteiger partial charge in [-0.05, 0) is 24.1 Å².